The summed E-state index contributed by atoms with van der Waals surface area (Å²) in [7, 11) is 0. The SMILES string of the molecule is CC(C)Oc1ccccc1[C@@H](N1CCNCC1)C(C)(C)CO.Cl. The molecule has 0 aliphatic carbocycles. The molecule has 0 amide bonds. The first-order chi connectivity index (χ1) is 10.5. The molecule has 0 aromatic heterocycles. The van der Waals surface area contributed by atoms with E-state index in [0.29, 0.717) is 0 Å². The third-order valence-corrected chi connectivity index (χ3v) is 4.24. The molecular weight excluding hydrogens is 312 g/mol. The van der Waals surface area contributed by atoms with E-state index in [1.54, 1.807) is 0 Å². The molecule has 1 aromatic rings. The van der Waals surface area contributed by atoms with E-state index in [2.05, 4.69) is 36.2 Å². The molecule has 0 bridgehead atoms. The third kappa shape index (κ3) is 5.08. The van der Waals surface area contributed by atoms with Crippen molar-refractivity contribution in [2.24, 2.45) is 5.41 Å². The molecule has 1 saturated heterocycles. The second-order valence-corrected chi connectivity index (χ2v) is 7.04. The number of nitrogens with one attached hydrogen (secondary N) is 1. The standard InChI is InChI=1S/C18H30N2O2.ClH/c1-14(2)22-16-8-6-5-7-15(16)17(18(3,4)13-21)20-11-9-19-10-12-20;/h5-8,14,17,19,21H,9-13H2,1-4H3;1H/t17-;/m1./s1. The number of aliphatic hydroxyl groups is 1. The Kier molecular flexibility index (Phi) is 7.81. The predicted molar refractivity (Wildman–Crippen MR) is 97.5 cm³/mol. The van der Waals surface area contributed by atoms with Crippen LogP contribution >= 0.6 is 12.4 Å². The van der Waals surface area contributed by atoms with Gasteiger partial charge in [0, 0.05) is 49.8 Å². The lowest BCUT2D eigenvalue weighted by molar-refractivity contribution is 0.0284. The molecule has 0 spiro atoms. The van der Waals surface area contributed by atoms with E-state index in [0.717, 1.165) is 31.9 Å². The molecule has 23 heavy (non-hydrogen) atoms. The van der Waals surface area contributed by atoms with Crippen molar-refractivity contribution >= 4 is 12.4 Å². The maximum absolute atomic E-state index is 9.95. The van der Waals surface area contributed by atoms with Crippen LogP contribution in [0.5, 0.6) is 5.75 Å². The molecule has 2 rings (SSSR count). The summed E-state index contributed by atoms with van der Waals surface area (Å²) in [4.78, 5) is 2.47. The Bertz CT molecular complexity index is 474. The van der Waals surface area contributed by atoms with Crippen molar-refractivity contribution in [3.8, 4) is 5.75 Å². The van der Waals surface area contributed by atoms with Gasteiger partial charge in [0.05, 0.1) is 6.10 Å². The Hall–Kier alpha value is -0.810. The van der Waals surface area contributed by atoms with E-state index >= 15 is 0 Å². The van der Waals surface area contributed by atoms with Crippen LogP contribution in [0.15, 0.2) is 24.3 Å². The molecular formula is C18H31ClN2O2. The highest BCUT2D eigenvalue weighted by molar-refractivity contribution is 5.85. The first-order valence-corrected chi connectivity index (χ1v) is 8.27. The fourth-order valence-electron chi connectivity index (χ4n) is 3.21. The number of piperazine rings is 1. The fourth-order valence-corrected chi connectivity index (χ4v) is 3.21. The number of nitrogens with zero attached hydrogens (tertiary/aromatic N) is 1. The summed E-state index contributed by atoms with van der Waals surface area (Å²) in [6.07, 6.45) is 0.141. The molecule has 2 N–H and O–H groups in total. The van der Waals surface area contributed by atoms with Crippen LogP contribution in [-0.2, 0) is 0 Å². The summed E-state index contributed by atoms with van der Waals surface area (Å²) in [5.41, 5.74) is 0.950. The molecule has 1 aliphatic rings. The molecule has 4 nitrogen and oxygen atoms in total. The van der Waals surface area contributed by atoms with Crippen LogP contribution in [0.4, 0.5) is 0 Å². The summed E-state index contributed by atoms with van der Waals surface area (Å²) < 4.78 is 6.03. The number of para-hydroxylation sites is 1. The van der Waals surface area contributed by atoms with Gasteiger partial charge in [-0.25, -0.2) is 0 Å². The summed E-state index contributed by atoms with van der Waals surface area (Å²) >= 11 is 0. The summed E-state index contributed by atoms with van der Waals surface area (Å²) in [6, 6.07) is 8.40. The van der Waals surface area contributed by atoms with Gasteiger partial charge in [0.25, 0.3) is 0 Å². The van der Waals surface area contributed by atoms with Crippen molar-refractivity contribution in [3.05, 3.63) is 29.8 Å². The smallest absolute Gasteiger partial charge is 0.124 e. The van der Waals surface area contributed by atoms with E-state index in [4.69, 9.17) is 4.74 Å². The molecule has 0 unspecified atom stereocenters. The van der Waals surface area contributed by atoms with Crippen molar-refractivity contribution in [1.82, 2.24) is 10.2 Å². The van der Waals surface area contributed by atoms with Crippen molar-refractivity contribution in [3.63, 3.8) is 0 Å². The van der Waals surface area contributed by atoms with Gasteiger partial charge in [-0.15, -0.1) is 12.4 Å². The zero-order chi connectivity index (χ0) is 16.2. The van der Waals surface area contributed by atoms with Crippen LogP contribution in [-0.4, -0.2) is 48.9 Å². The Balaban J connectivity index is 0.00000264. The maximum Gasteiger partial charge on any atom is 0.124 e. The minimum Gasteiger partial charge on any atom is -0.491 e. The quantitative estimate of drug-likeness (QED) is 0.834. The summed E-state index contributed by atoms with van der Waals surface area (Å²) in [6.45, 7) is 12.5. The van der Waals surface area contributed by atoms with Crippen molar-refractivity contribution in [2.45, 2.75) is 39.8 Å². The monoisotopic (exact) mass is 342 g/mol. The zero-order valence-corrected chi connectivity index (χ0v) is 15.5. The lowest BCUT2D eigenvalue weighted by atomic mass is 9.79. The van der Waals surface area contributed by atoms with E-state index in [1.807, 2.05) is 26.0 Å². The number of benzene rings is 1. The van der Waals surface area contributed by atoms with Gasteiger partial charge in [-0.05, 0) is 19.9 Å². The molecule has 0 saturated carbocycles. The number of rotatable bonds is 6. The number of hydrogen-bond donors (Lipinski definition) is 2. The van der Waals surface area contributed by atoms with E-state index in [-0.39, 0.29) is 36.6 Å². The van der Waals surface area contributed by atoms with Crippen molar-refractivity contribution < 1.29 is 9.84 Å². The molecule has 1 aromatic carbocycles. The Morgan fingerprint density at radius 1 is 1.22 bits per heavy atom. The number of aliphatic hydroxyl groups excluding tert-OH is 1. The van der Waals surface area contributed by atoms with Crippen LogP contribution < -0.4 is 10.1 Å². The molecule has 1 fully saturated rings. The zero-order valence-electron chi connectivity index (χ0n) is 14.7. The van der Waals surface area contributed by atoms with Crippen LogP contribution in [0.3, 0.4) is 0 Å². The van der Waals surface area contributed by atoms with Gasteiger partial charge in [0.15, 0.2) is 0 Å². The molecule has 5 heteroatoms. The van der Waals surface area contributed by atoms with Gasteiger partial charge < -0.3 is 15.2 Å². The van der Waals surface area contributed by atoms with Gasteiger partial charge in [-0.1, -0.05) is 32.0 Å². The molecule has 132 valence electrons. The highest BCUT2D eigenvalue weighted by atomic mass is 35.5. The largest absolute Gasteiger partial charge is 0.491 e. The average molecular weight is 343 g/mol. The molecule has 1 heterocycles. The Morgan fingerprint density at radius 2 is 1.83 bits per heavy atom. The number of halogens is 1. The van der Waals surface area contributed by atoms with Crippen LogP contribution in [0.2, 0.25) is 0 Å². The number of ether oxygens (including phenoxy) is 1. The van der Waals surface area contributed by atoms with Crippen LogP contribution in [0, 0.1) is 5.41 Å². The van der Waals surface area contributed by atoms with Gasteiger partial charge in [-0.3, -0.25) is 4.90 Å². The van der Waals surface area contributed by atoms with E-state index < -0.39 is 0 Å². The van der Waals surface area contributed by atoms with Gasteiger partial charge >= 0.3 is 0 Å². The maximum atomic E-state index is 9.95. The van der Waals surface area contributed by atoms with Crippen LogP contribution in [0.1, 0.15) is 39.3 Å². The highest BCUT2D eigenvalue weighted by Crippen LogP contribution is 2.42. The lowest BCUT2D eigenvalue weighted by Gasteiger charge is -2.44. The topological polar surface area (TPSA) is 44.7 Å². The van der Waals surface area contributed by atoms with E-state index in [9.17, 15) is 5.11 Å². The molecule has 1 aliphatic heterocycles. The Morgan fingerprint density at radius 3 is 2.39 bits per heavy atom. The molecule has 1 atom stereocenters. The van der Waals surface area contributed by atoms with Gasteiger partial charge in [0.1, 0.15) is 5.75 Å². The van der Waals surface area contributed by atoms with E-state index in [1.165, 1.54) is 5.56 Å². The summed E-state index contributed by atoms with van der Waals surface area (Å²) in [5.74, 6) is 0.933. The van der Waals surface area contributed by atoms with Crippen molar-refractivity contribution in [1.29, 1.82) is 0 Å². The number of hydrogen-bond acceptors (Lipinski definition) is 4. The fraction of sp³-hybridized carbons (Fsp3) is 0.667. The minimum absolute atomic E-state index is 0. The predicted octanol–water partition coefficient (Wildman–Crippen LogP) is 2.86. The minimum atomic E-state index is -0.228. The van der Waals surface area contributed by atoms with Gasteiger partial charge in [0.2, 0.25) is 0 Å². The lowest BCUT2D eigenvalue weighted by Crippen LogP contribution is -2.49. The Labute approximate surface area is 146 Å². The van der Waals surface area contributed by atoms with Crippen molar-refractivity contribution in [2.75, 3.05) is 32.8 Å². The normalized spacial score (nSPS) is 17.7. The highest BCUT2D eigenvalue weighted by Gasteiger charge is 2.37. The van der Waals surface area contributed by atoms with Crippen LogP contribution in [0.25, 0.3) is 0 Å². The average Bonchev–Trinajstić information content (AvgIpc) is 2.49. The second-order valence-electron chi connectivity index (χ2n) is 7.04. The third-order valence-electron chi connectivity index (χ3n) is 4.24. The first-order valence-electron chi connectivity index (χ1n) is 8.27. The molecule has 0 radical (unpaired) electrons. The second kappa shape index (κ2) is 8.88. The summed E-state index contributed by atoms with van der Waals surface area (Å²) in [5, 5.41) is 13.3. The van der Waals surface area contributed by atoms with Gasteiger partial charge in [-0.2, -0.15) is 0 Å². The first kappa shape index (κ1) is 20.2.